The van der Waals surface area contributed by atoms with Crippen molar-refractivity contribution in [1.29, 1.82) is 0 Å². The molecule has 0 N–H and O–H groups in total. The number of fused-ring (bicyclic) bond motifs is 2. The maximum Gasteiger partial charge on any atom is 0.329 e. The van der Waals surface area contributed by atoms with Gasteiger partial charge in [0.1, 0.15) is 12.1 Å². The van der Waals surface area contributed by atoms with Crippen molar-refractivity contribution in [2.24, 2.45) is 0 Å². The molecule has 0 saturated carbocycles. The number of carbonyl (C=O) groups excluding carboxylic acids is 4. The SMILES string of the molecule is COC(=O)[C@@H]1CS[C@@H]2CCC[C@H](N3C(=O)c4ccccc4C3=O)C(=O)N21. The van der Waals surface area contributed by atoms with Crippen LogP contribution < -0.4 is 0 Å². The number of ether oxygens (including phenoxy) is 1. The normalized spacial score (nSPS) is 28.0. The van der Waals surface area contributed by atoms with Gasteiger partial charge in [-0.15, -0.1) is 11.8 Å². The highest BCUT2D eigenvalue weighted by atomic mass is 32.2. The molecule has 0 radical (unpaired) electrons. The summed E-state index contributed by atoms with van der Waals surface area (Å²) in [4.78, 5) is 53.5. The van der Waals surface area contributed by atoms with Gasteiger partial charge in [-0.05, 0) is 31.4 Å². The monoisotopic (exact) mass is 374 g/mol. The maximum absolute atomic E-state index is 13.2. The van der Waals surface area contributed by atoms with Crippen LogP contribution in [0, 0.1) is 0 Å². The average Bonchev–Trinajstić information content (AvgIpc) is 3.13. The van der Waals surface area contributed by atoms with Crippen LogP contribution in [-0.2, 0) is 14.3 Å². The Balaban J connectivity index is 1.67. The fraction of sp³-hybridized carbons (Fsp3) is 0.444. The number of carbonyl (C=O) groups is 4. The minimum absolute atomic E-state index is 0.119. The zero-order valence-corrected chi connectivity index (χ0v) is 15.0. The van der Waals surface area contributed by atoms with Crippen LogP contribution >= 0.6 is 11.8 Å². The molecule has 0 aromatic heterocycles. The van der Waals surface area contributed by atoms with Crippen molar-refractivity contribution in [1.82, 2.24) is 9.80 Å². The lowest BCUT2D eigenvalue weighted by molar-refractivity contribution is -0.152. The molecule has 0 unspecified atom stereocenters. The maximum atomic E-state index is 13.2. The summed E-state index contributed by atoms with van der Waals surface area (Å²) in [6.07, 6.45) is 1.83. The van der Waals surface area contributed by atoms with Crippen molar-refractivity contribution < 1.29 is 23.9 Å². The average molecular weight is 374 g/mol. The van der Waals surface area contributed by atoms with Crippen molar-refractivity contribution in [3.05, 3.63) is 35.4 Å². The lowest BCUT2D eigenvalue weighted by atomic mass is 10.1. The van der Waals surface area contributed by atoms with E-state index in [4.69, 9.17) is 4.74 Å². The van der Waals surface area contributed by atoms with E-state index in [1.807, 2.05) is 0 Å². The van der Waals surface area contributed by atoms with E-state index in [1.165, 1.54) is 12.0 Å². The molecule has 0 spiro atoms. The topological polar surface area (TPSA) is 84.0 Å². The second-order valence-corrected chi connectivity index (χ2v) is 7.76. The molecule has 1 aromatic carbocycles. The second-order valence-electron chi connectivity index (χ2n) is 6.55. The zero-order chi connectivity index (χ0) is 18.4. The molecule has 1 aromatic rings. The number of benzene rings is 1. The molecule has 3 atom stereocenters. The third kappa shape index (κ3) is 2.43. The van der Waals surface area contributed by atoms with Gasteiger partial charge < -0.3 is 9.64 Å². The van der Waals surface area contributed by atoms with Gasteiger partial charge in [0.15, 0.2) is 0 Å². The summed E-state index contributed by atoms with van der Waals surface area (Å²) >= 11 is 1.54. The van der Waals surface area contributed by atoms with Crippen LogP contribution in [0.5, 0.6) is 0 Å². The molecule has 8 heteroatoms. The van der Waals surface area contributed by atoms with E-state index in [2.05, 4.69) is 0 Å². The third-order valence-electron chi connectivity index (χ3n) is 5.17. The van der Waals surface area contributed by atoms with Gasteiger partial charge in [-0.2, -0.15) is 0 Å². The summed E-state index contributed by atoms with van der Waals surface area (Å²) in [5.41, 5.74) is 0.651. The van der Waals surface area contributed by atoms with Crippen LogP contribution in [0.2, 0.25) is 0 Å². The molecule has 0 aliphatic carbocycles. The minimum Gasteiger partial charge on any atom is -0.467 e. The first kappa shape index (κ1) is 17.1. The van der Waals surface area contributed by atoms with Crippen LogP contribution in [-0.4, -0.2) is 63.8 Å². The molecule has 3 heterocycles. The number of imide groups is 1. The van der Waals surface area contributed by atoms with Crippen LogP contribution in [0.1, 0.15) is 40.0 Å². The van der Waals surface area contributed by atoms with Gasteiger partial charge in [-0.25, -0.2) is 4.79 Å². The standard InChI is InChI=1S/C18H18N2O5S/c1-25-18(24)13-9-26-14-8-4-7-12(17(23)19(13)14)20-15(21)10-5-2-3-6-11(10)16(20)22/h2-3,5-6,12-14H,4,7-9H2,1H3/t12-,13-,14+/m0/s1. The molecule has 7 nitrogen and oxygen atoms in total. The quantitative estimate of drug-likeness (QED) is 0.573. The zero-order valence-electron chi connectivity index (χ0n) is 14.2. The highest BCUT2D eigenvalue weighted by Gasteiger charge is 2.50. The van der Waals surface area contributed by atoms with E-state index in [0.29, 0.717) is 29.7 Å². The molecular weight excluding hydrogens is 356 g/mol. The number of esters is 1. The number of hydrogen-bond donors (Lipinski definition) is 0. The first-order valence-corrected chi connectivity index (χ1v) is 9.58. The van der Waals surface area contributed by atoms with E-state index in [1.54, 1.807) is 36.0 Å². The smallest absolute Gasteiger partial charge is 0.329 e. The fourth-order valence-corrected chi connectivity index (χ4v) is 5.36. The van der Waals surface area contributed by atoms with Gasteiger partial charge in [0.05, 0.1) is 23.6 Å². The van der Waals surface area contributed by atoms with Gasteiger partial charge >= 0.3 is 5.97 Å². The summed E-state index contributed by atoms with van der Waals surface area (Å²) in [6.45, 7) is 0. The molecule has 3 aliphatic rings. The molecular formula is C18H18N2O5S. The van der Waals surface area contributed by atoms with Crippen molar-refractivity contribution in [2.45, 2.75) is 36.7 Å². The van der Waals surface area contributed by atoms with E-state index < -0.39 is 29.9 Å². The van der Waals surface area contributed by atoms with Gasteiger partial charge in [-0.1, -0.05) is 12.1 Å². The molecule has 3 aliphatic heterocycles. The number of rotatable bonds is 2. The van der Waals surface area contributed by atoms with Crippen molar-refractivity contribution in [3.63, 3.8) is 0 Å². The largest absolute Gasteiger partial charge is 0.467 e. The van der Waals surface area contributed by atoms with E-state index >= 15 is 0 Å². The molecule has 2 saturated heterocycles. The van der Waals surface area contributed by atoms with Gasteiger partial charge in [0.2, 0.25) is 5.91 Å². The summed E-state index contributed by atoms with van der Waals surface area (Å²) < 4.78 is 4.83. The molecule has 3 amide bonds. The molecule has 136 valence electrons. The summed E-state index contributed by atoms with van der Waals surface area (Å²) in [6, 6.07) is 5.05. The van der Waals surface area contributed by atoms with Gasteiger partial charge in [0.25, 0.3) is 11.8 Å². The Bertz CT molecular complexity index is 776. The molecule has 26 heavy (non-hydrogen) atoms. The molecule has 2 fully saturated rings. The Morgan fingerprint density at radius 1 is 1.12 bits per heavy atom. The Morgan fingerprint density at radius 2 is 1.77 bits per heavy atom. The Labute approximate surface area is 154 Å². The lowest BCUT2D eigenvalue weighted by Crippen LogP contribution is -2.54. The minimum atomic E-state index is -0.877. The predicted molar refractivity (Wildman–Crippen MR) is 93.5 cm³/mol. The van der Waals surface area contributed by atoms with Crippen molar-refractivity contribution >= 4 is 35.5 Å². The van der Waals surface area contributed by atoms with Crippen LogP contribution in [0.25, 0.3) is 0 Å². The number of amides is 3. The first-order chi connectivity index (χ1) is 12.5. The predicted octanol–water partition coefficient (Wildman–Crippen LogP) is 1.28. The Morgan fingerprint density at radius 3 is 2.38 bits per heavy atom. The molecule has 4 rings (SSSR count). The van der Waals surface area contributed by atoms with Crippen molar-refractivity contribution in [3.8, 4) is 0 Å². The highest BCUT2D eigenvalue weighted by molar-refractivity contribution is 8.00. The number of nitrogens with zero attached hydrogens (tertiary/aromatic N) is 2. The number of hydrogen-bond acceptors (Lipinski definition) is 6. The van der Waals surface area contributed by atoms with Gasteiger partial charge in [-0.3, -0.25) is 19.3 Å². The van der Waals surface area contributed by atoms with Crippen molar-refractivity contribution in [2.75, 3.05) is 12.9 Å². The number of thioether (sulfide) groups is 1. The fourth-order valence-electron chi connectivity index (χ4n) is 3.91. The van der Waals surface area contributed by atoms with Crippen LogP contribution in [0.3, 0.4) is 0 Å². The summed E-state index contributed by atoms with van der Waals surface area (Å²) in [5, 5.41) is -0.119. The number of methoxy groups -OCH3 is 1. The Hall–Kier alpha value is -2.35. The van der Waals surface area contributed by atoms with E-state index in [-0.39, 0.29) is 11.3 Å². The lowest BCUT2D eigenvalue weighted by Gasteiger charge is -2.31. The first-order valence-electron chi connectivity index (χ1n) is 8.53. The van der Waals surface area contributed by atoms with E-state index in [9.17, 15) is 19.2 Å². The third-order valence-corrected chi connectivity index (χ3v) is 6.53. The second kappa shape index (κ2) is 6.42. The van der Waals surface area contributed by atoms with Crippen LogP contribution in [0.4, 0.5) is 0 Å². The summed E-state index contributed by atoms with van der Waals surface area (Å²) in [7, 11) is 1.30. The van der Waals surface area contributed by atoms with Crippen LogP contribution in [0.15, 0.2) is 24.3 Å². The Kier molecular flexibility index (Phi) is 4.22. The van der Waals surface area contributed by atoms with Gasteiger partial charge in [0, 0.05) is 5.75 Å². The highest BCUT2D eigenvalue weighted by Crippen LogP contribution is 2.38. The molecule has 0 bridgehead atoms. The van der Waals surface area contributed by atoms with E-state index in [0.717, 1.165) is 11.3 Å². The summed E-state index contributed by atoms with van der Waals surface area (Å²) in [5.74, 6) is -1.22.